The van der Waals surface area contributed by atoms with Crippen molar-refractivity contribution in [2.45, 2.75) is 39.5 Å². The molecule has 17 heavy (non-hydrogen) atoms. The van der Waals surface area contributed by atoms with Crippen LogP contribution in [0.2, 0.25) is 0 Å². The Morgan fingerprint density at radius 3 is 2.94 bits per heavy atom. The molecular weight excluding hydrogens is 278 g/mol. The van der Waals surface area contributed by atoms with Crippen LogP contribution in [0.5, 0.6) is 0 Å². The van der Waals surface area contributed by atoms with Crippen LogP contribution in [-0.4, -0.2) is 23.1 Å². The number of rotatable bonds is 4. The molecule has 1 fully saturated rings. The van der Waals surface area contributed by atoms with Crippen molar-refractivity contribution < 1.29 is 0 Å². The molecule has 94 valence electrons. The fraction of sp³-hybridized carbons (Fsp3) is 0.692. The molecule has 1 aliphatic heterocycles. The maximum atomic E-state index is 4.61. The summed E-state index contributed by atoms with van der Waals surface area (Å²) in [6.45, 7) is 6.65. The van der Waals surface area contributed by atoms with Crippen molar-refractivity contribution in [3.63, 3.8) is 0 Å². The van der Waals surface area contributed by atoms with Crippen molar-refractivity contribution in [2.24, 2.45) is 5.92 Å². The predicted molar refractivity (Wildman–Crippen MR) is 74.3 cm³/mol. The van der Waals surface area contributed by atoms with Crippen LogP contribution in [0, 0.1) is 5.92 Å². The normalized spacial score (nSPS) is 19.9. The Labute approximate surface area is 112 Å². The van der Waals surface area contributed by atoms with E-state index in [4.69, 9.17) is 0 Å². The van der Waals surface area contributed by atoms with E-state index in [1.54, 1.807) is 0 Å². The summed E-state index contributed by atoms with van der Waals surface area (Å²) >= 11 is 3.47. The van der Waals surface area contributed by atoms with Gasteiger partial charge in [0.25, 0.3) is 0 Å². The van der Waals surface area contributed by atoms with E-state index in [-0.39, 0.29) is 0 Å². The fourth-order valence-corrected chi connectivity index (χ4v) is 2.87. The average molecular weight is 298 g/mol. The van der Waals surface area contributed by atoms with Crippen LogP contribution < -0.4 is 4.90 Å². The van der Waals surface area contributed by atoms with Gasteiger partial charge in [0.2, 0.25) is 0 Å². The Bertz CT molecular complexity index is 381. The number of anilines is 1. The van der Waals surface area contributed by atoms with Crippen LogP contribution in [-0.2, 0) is 6.42 Å². The van der Waals surface area contributed by atoms with E-state index in [0.29, 0.717) is 0 Å². The maximum absolute atomic E-state index is 4.61. The third-order valence-corrected chi connectivity index (χ3v) is 3.76. The van der Waals surface area contributed by atoms with E-state index in [0.717, 1.165) is 41.7 Å². The fourth-order valence-electron chi connectivity index (χ4n) is 2.46. The number of aromatic nitrogens is 2. The molecule has 0 spiro atoms. The van der Waals surface area contributed by atoms with Gasteiger partial charge in [-0.05, 0) is 34.7 Å². The highest BCUT2D eigenvalue weighted by atomic mass is 79.9. The van der Waals surface area contributed by atoms with Crippen molar-refractivity contribution >= 4 is 21.7 Å². The zero-order valence-electron chi connectivity index (χ0n) is 10.6. The smallest absolute Gasteiger partial charge is 0.133 e. The van der Waals surface area contributed by atoms with E-state index in [1.807, 2.05) is 6.07 Å². The highest BCUT2D eigenvalue weighted by Crippen LogP contribution is 2.26. The molecule has 4 heteroatoms. The van der Waals surface area contributed by atoms with Crippen LogP contribution >= 0.6 is 15.9 Å². The van der Waals surface area contributed by atoms with Gasteiger partial charge in [-0.3, -0.25) is 0 Å². The minimum absolute atomic E-state index is 0.846. The Balaban J connectivity index is 2.10. The first-order valence-electron chi connectivity index (χ1n) is 6.51. The van der Waals surface area contributed by atoms with Crippen molar-refractivity contribution in [1.29, 1.82) is 0 Å². The van der Waals surface area contributed by atoms with Gasteiger partial charge < -0.3 is 4.90 Å². The largest absolute Gasteiger partial charge is 0.356 e. The molecule has 0 aromatic carbocycles. The number of nitrogens with zero attached hydrogens (tertiary/aromatic N) is 3. The first-order chi connectivity index (χ1) is 8.22. The van der Waals surface area contributed by atoms with Gasteiger partial charge in [0, 0.05) is 25.6 Å². The molecule has 0 radical (unpaired) electrons. The lowest BCUT2D eigenvalue weighted by atomic mass is 10.0. The summed E-state index contributed by atoms with van der Waals surface area (Å²) in [4.78, 5) is 11.4. The molecule has 3 nitrogen and oxygen atoms in total. The molecule has 1 aliphatic rings. The highest BCUT2D eigenvalue weighted by Gasteiger charge is 2.23. The minimum Gasteiger partial charge on any atom is -0.356 e. The molecule has 0 bridgehead atoms. The number of hydrogen-bond donors (Lipinski definition) is 0. The van der Waals surface area contributed by atoms with Gasteiger partial charge in [0.15, 0.2) is 0 Å². The molecule has 0 aliphatic carbocycles. The minimum atomic E-state index is 0.846. The van der Waals surface area contributed by atoms with Crippen molar-refractivity contribution in [3.05, 3.63) is 16.5 Å². The summed E-state index contributed by atoms with van der Waals surface area (Å²) < 4.78 is 0.901. The van der Waals surface area contributed by atoms with Crippen LogP contribution in [0.1, 0.15) is 38.9 Å². The summed E-state index contributed by atoms with van der Waals surface area (Å²) in [5.74, 6) is 2.86. The van der Waals surface area contributed by atoms with E-state index in [1.165, 1.54) is 19.3 Å². The zero-order valence-corrected chi connectivity index (χ0v) is 12.2. The lowest BCUT2D eigenvalue weighted by molar-refractivity contribution is 0.529. The Morgan fingerprint density at radius 2 is 2.24 bits per heavy atom. The SMILES string of the molecule is CCCC1CCN(c2cc(Br)nc(CC)n2)C1. The van der Waals surface area contributed by atoms with Crippen LogP contribution in [0.25, 0.3) is 0 Å². The van der Waals surface area contributed by atoms with E-state index >= 15 is 0 Å². The summed E-state index contributed by atoms with van der Waals surface area (Å²) in [6.07, 6.45) is 4.81. The Morgan fingerprint density at radius 1 is 1.41 bits per heavy atom. The molecule has 0 amide bonds. The lowest BCUT2D eigenvalue weighted by Crippen LogP contribution is -2.21. The summed E-state index contributed by atoms with van der Waals surface area (Å²) in [7, 11) is 0. The van der Waals surface area contributed by atoms with Gasteiger partial charge in [0.1, 0.15) is 16.2 Å². The summed E-state index contributed by atoms with van der Waals surface area (Å²) in [5, 5.41) is 0. The second kappa shape index (κ2) is 5.80. The number of aryl methyl sites for hydroxylation is 1. The van der Waals surface area contributed by atoms with E-state index < -0.39 is 0 Å². The third kappa shape index (κ3) is 3.18. The quantitative estimate of drug-likeness (QED) is 0.797. The van der Waals surface area contributed by atoms with Crippen LogP contribution in [0.4, 0.5) is 5.82 Å². The predicted octanol–water partition coefficient (Wildman–Crippen LogP) is 3.43. The second-order valence-electron chi connectivity index (χ2n) is 4.71. The summed E-state index contributed by atoms with van der Waals surface area (Å²) in [6, 6.07) is 2.04. The third-order valence-electron chi connectivity index (χ3n) is 3.35. The molecule has 2 rings (SSSR count). The lowest BCUT2D eigenvalue weighted by Gasteiger charge is -2.18. The van der Waals surface area contributed by atoms with Crippen molar-refractivity contribution in [2.75, 3.05) is 18.0 Å². The molecular formula is C13H20BrN3. The van der Waals surface area contributed by atoms with Gasteiger partial charge in [-0.25, -0.2) is 9.97 Å². The number of halogens is 1. The molecule has 1 aromatic heterocycles. The molecule has 1 atom stereocenters. The van der Waals surface area contributed by atoms with Gasteiger partial charge in [-0.1, -0.05) is 20.3 Å². The monoisotopic (exact) mass is 297 g/mol. The molecule has 1 saturated heterocycles. The molecule has 1 aromatic rings. The van der Waals surface area contributed by atoms with Gasteiger partial charge in [0.05, 0.1) is 0 Å². The van der Waals surface area contributed by atoms with Gasteiger partial charge in [-0.15, -0.1) is 0 Å². The standard InChI is InChI=1S/C13H20BrN3/c1-3-5-10-6-7-17(9-10)13-8-11(14)15-12(4-2)16-13/h8,10H,3-7,9H2,1-2H3. The zero-order chi connectivity index (χ0) is 12.3. The van der Waals surface area contributed by atoms with E-state index in [9.17, 15) is 0 Å². The van der Waals surface area contributed by atoms with Crippen molar-refractivity contribution in [3.8, 4) is 0 Å². The van der Waals surface area contributed by atoms with Crippen LogP contribution in [0.3, 0.4) is 0 Å². The molecule has 2 heterocycles. The van der Waals surface area contributed by atoms with E-state index in [2.05, 4.69) is 44.6 Å². The highest BCUT2D eigenvalue weighted by molar-refractivity contribution is 9.10. The first-order valence-corrected chi connectivity index (χ1v) is 7.30. The topological polar surface area (TPSA) is 29.0 Å². The average Bonchev–Trinajstić information content (AvgIpc) is 2.77. The first kappa shape index (κ1) is 12.8. The summed E-state index contributed by atoms with van der Waals surface area (Å²) in [5.41, 5.74) is 0. The van der Waals surface area contributed by atoms with Crippen molar-refractivity contribution in [1.82, 2.24) is 9.97 Å². The molecule has 1 unspecified atom stereocenters. The molecule has 0 N–H and O–H groups in total. The Kier molecular flexibility index (Phi) is 4.37. The number of hydrogen-bond acceptors (Lipinski definition) is 3. The van der Waals surface area contributed by atoms with Crippen LogP contribution in [0.15, 0.2) is 10.7 Å². The van der Waals surface area contributed by atoms with Gasteiger partial charge in [-0.2, -0.15) is 0 Å². The molecule has 0 saturated carbocycles. The Hall–Kier alpha value is -0.640. The maximum Gasteiger partial charge on any atom is 0.133 e. The second-order valence-corrected chi connectivity index (χ2v) is 5.52. The van der Waals surface area contributed by atoms with Gasteiger partial charge >= 0.3 is 0 Å².